The molecule has 0 amide bonds. The average Bonchev–Trinajstić information content (AvgIpc) is 2.87. The summed E-state index contributed by atoms with van der Waals surface area (Å²) in [5.74, 6) is 0.536. The van der Waals surface area contributed by atoms with Gasteiger partial charge in [0.15, 0.2) is 0 Å². The number of nitrogens with one attached hydrogen (secondary N) is 1. The summed E-state index contributed by atoms with van der Waals surface area (Å²) in [5.41, 5.74) is 4.67. The quantitative estimate of drug-likeness (QED) is 0.937. The smallest absolute Gasteiger partial charge is 0.103 e. The van der Waals surface area contributed by atoms with Crippen LogP contribution in [0.5, 0.6) is 0 Å². The number of aryl methyl sites for hydroxylation is 2. The van der Waals surface area contributed by atoms with E-state index in [0.29, 0.717) is 17.5 Å². The van der Waals surface area contributed by atoms with Crippen LogP contribution in [0, 0.1) is 31.1 Å². The highest BCUT2D eigenvalue weighted by Crippen LogP contribution is 2.25. The Morgan fingerprint density at radius 3 is 2.71 bits per heavy atom. The zero-order chi connectivity index (χ0) is 17.1. The van der Waals surface area contributed by atoms with Gasteiger partial charge in [-0.3, -0.25) is 9.88 Å². The summed E-state index contributed by atoms with van der Waals surface area (Å²) in [5, 5.41) is 13.0. The van der Waals surface area contributed by atoms with Crippen molar-refractivity contribution in [2.24, 2.45) is 5.92 Å². The predicted molar refractivity (Wildman–Crippen MR) is 96.7 cm³/mol. The molecule has 1 aliphatic rings. The second-order valence-corrected chi connectivity index (χ2v) is 6.79. The Morgan fingerprint density at radius 1 is 1.25 bits per heavy atom. The lowest BCUT2D eigenvalue weighted by molar-refractivity contribution is 0.319. The van der Waals surface area contributed by atoms with Gasteiger partial charge in [-0.2, -0.15) is 5.26 Å². The molecule has 1 aromatic heterocycles. The third-order valence-corrected chi connectivity index (χ3v) is 4.72. The number of benzene rings is 1. The van der Waals surface area contributed by atoms with Gasteiger partial charge in [0, 0.05) is 31.4 Å². The van der Waals surface area contributed by atoms with E-state index in [1.54, 1.807) is 0 Å². The number of hydrogen-bond donors (Lipinski definition) is 1. The molecule has 1 N–H and O–H groups in total. The maximum absolute atomic E-state index is 9.44. The van der Waals surface area contributed by atoms with Gasteiger partial charge < -0.3 is 5.32 Å². The van der Waals surface area contributed by atoms with Crippen LogP contribution in [-0.4, -0.2) is 29.0 Å². The lowest BCUT2D eigenvalue weighted by atomic mass is 10.0. The number of rotatable bonds is 4. The minimum Gasteiger partial charge on any atom is -0.380 e. The van der Waals surface area contributed by atoms with E-state index in [9.17, 15) is 5.26 Å². The molecule has 0 aliphatic carbocycles. The summed E-state index contributed by atoms with van der Waals surface area (Å²) in [4.78, 5) is 6.87. The second-order valence-electron chi connectivity index (χ2n) is 6.79. The van der Waals surface area contributed by atoms with Crippen molar-refractivity contribution in [3.63, 3.8) is 0 Å². The molecule has 2 heterocycles. The Morgan fingerprint density at radius 2 is 2.00 bits per heavy atom. The van der Waals surface area contributed by atoms with Gasteiger partial charge in [0.25, 0.3) is 0 Å². The van der Waals surface area contributed by atoms with Gasteiger partial charge in [0.1, 0.15) is 6.07 Å². The van der Waals surface area contributed by atoms with Crippen LogP contribution < -0.4 is 5.32 Å². The molecule has 24 heavy (non-hydrogen) atoms. The van der Waals surface area contributed by atoms with Gasteiger partial charge in [-0.25, -0.2) is 0 Å². The molecule has 2 aromatic rings. The normalized spacial score (nSPS) is 20.8. The molecule has 3 rings (SSSR count). The van der Waals surface area contributed by atoms with Crippen LogP contribution in [0.15, 0.2) is 36.4 Å². The van der Waals surface area contributed by atoms with Crippen LogP contribution in [0.3, 0.4) is 0 Å². The van der Waals surface area contributed by atoms with Crippen molar-refractivity contribution < 1.29 is 0 Å². The lowest BCUT2D eigenvalue weighted by Crippen LogP contribution is -2.28. The van der Waals surface area contributed by atoms with Crippen molar-refractivity contribution >= 4 is 5.69 Å². The van der Waals surface area contributed by atoms with Crippen molar-refractivity contribution in [2.75, 3.05) is 18.4 Å². The zero-order valence-corrected chi connectivity index (χ0v) is 14.6. The minimum absolute atomic E-state index is 0.349. The Balaban J connectivity index is 1.72. The van der Waals surface area contributed by atoms with Crippen LogP contribution in [-0.2, 0) is 6.54 Å². The fourth-order valence-corrected chi connectivity index (χ4v) is 3.51. The summed E-state index contributed by atoms with van der Waals surface area (Å²) < 4.78 is 0. The Hall–Kier alpha value is -2.38. The zero-order valence-electron chi connectivity index (χ0n) is 14.6. The van der Waals surface area contributed by atoms with Gasteiger partial charge in [-0.15, -0.1) is 0 Å². The van der Waals surface area contributed by atoms with Gasteiger partial charge >= 0.3 is 0 Å². The second kappa shape index (κ2) is 7.02. The van der Waals surface area contributed by atoms with Crippen molar-refractivity contribution in [1.82, 2.24) is 9.88 Å². The topological polar surface area (TPSA) is 52.0 Å². The third kappa shape index (κ3) is 3.58. The molecule has 0 radical (unpaired) electrons. The first kappa shape index (κ1) is 16.5. The molecule has 1 fully saturated rings. The molecule has 0 spiro atoms. The van der Waals surface area contributed by atoms with E-state index < -0.39 is 0 Å². The van der Waals surface area contributed by atoms with Crippen LogP contribution in [0.25, 0.3) is 0 Å². The van der Waals surface area contributed by atoms with E-state index in [1.807, 2.05) is 19.9 Å². The highest BCUT2D eigenvalue weighted by Gasteiger charge is 2.30. The Bertz CT molecular complexity index is 748. The number of nitriles is 1. The molecule has 4 nitrogen and oxygen atoms in total. The monoisotopic (exact) mass is 320 g/mol. The lowest BCUT2D eigenvalue weighted by Gasteiger charge is -2.20. The molecule has 1 saturated heterocycles. The maximum Gasteiger partial charge on any atom is 0.103 e. The first-order valence-electron chi connectivity index (χ1n) is 8.48. The molecule has 124 valence electrons. The number of likely N-dealkylation sites (tertiary alicyclic amines) is 1. The van der Waals surface area contributed by atoms with Gasteiger partial charge in [0.05, 0.1) is 16.9 Å². The van der Waals surface area contributed by atoms with Crippen molar-refractivity contribution in [3.05, 3.63) is 58.9 Å². The largest absolute Gasteiger partial charge is 0.380 e. The van der Waals surface area contributed by atoms with E-state index in [1.165, 1.54) is 5.56 Å². The SMILES string of the molecule is Cc1cc(NC2CN(Cc3ccccc3)CC2C)c(C#N)c(C)n1. The standard InChI is InChI=1S/C20H24N4/c1-14-11-24(12-17-7-5-4-6-8-17)13-20(14)23-19-9-15(2)22-16(3)18(19)10-21/h4-9,14,20H,11-13H2,1-3H3,(H,22,23). The number of nitrogens with zero attached hydrogens (tertiary/aromatic N) is 3. The molecule has 0 saturated carbocycles. The molecule has 1 aromatic carbocycles. The summed E-state index contributed by atoms with van der Waals surface area (Å²) in [6.07, 6.45) is 0. The van der Waals surface area contributed by atoms with E-state index in [0.717, 1.165) is 36.7 Å². The van der Waals surface area contributed by atoms with Crippen LogP contribution in [0.4, 0.5) is 5.69 Å². The summed E-state index contributed by atoms with van der Waals surface area (Å²) in [6.45, 7) is 9.17. The molecule has 1 aliphatic heterocycles. The summed E-state index contributed by atoms with van der Waals surface area (Å²) >= 11 is 0. The Labute approximate surface area is 144 Å². The van der Waals surface area contributed by atoms with Crippen LogP contribution in [0.1, 0.15) is 29.4 Å². The van der Waals surface area contributed by atoms with E-state index in [2.05, 4.69) is 58.5 Å². The minimum atomic E-state index is 0.349. The number of anilines is 1. The van der Waals surface area contributed by atoms with E-state index in [-0.39, 0.29) is 0 Å². The van der Waals surface area contributed by atoms with E-state index >= 15 is 0 Å². The highest BCUT2D eigenvalue weighted by atomic mass is 15.2. The van der Waals surface area contributed by atoms with Crippen molar-refractivity contribution in [2.45, 2.75) is 33.4 Å². The van der Waals surface area contributed by atoms with Gasteiger partial charge in [-0.1, -0.05) is 37.3 Å². The summed E-state index contributed by atoms with van der Waals surface area (Å²) in [6, 6.07) is 15.2. The molecule has 2 unspecified atom stereocenters. The number of pyridine rings is 1. The number of aromatic nitrogens is 1. The van der Waals surface area contributed by atoms with E-state index in [4.69, 9.17) is 0 Å². The fraction of sp³-hybridized carbons (Fsp3) is 0.400. The average molecular weight is 320 g/mol. The third-order valence-electron chi connectivity index (χ3n) is 4.72. The fourth-order valence-electron chi connectivity index (χ4n) is 3.51. The van der Waals surface area contributed by atoms with Crippen molar-refractivity contribution in [1.29, 1.82) is 5.26 Å². The van der Waals surface area contributed by atoms with Crippen LogP contribution in [0.2, 0.25) is 0 Å². The first-order valence-corrected chi connectivity index (χ1v) is 8.48. The molecule has 0 bridgehead atoms. The molecular formula is C20H24N4. The maximum atomic E-state index is 9.44. The molecule has 4 heteroatoms. The van der Waals surface area contributed by atoms with Crippen LogP contribution >= 0.6 is 0 Å². The summed E-state index contributed by atoms with van der Waals surface area (Å²) in [7, 11) is 0. The first-order chi connectivity index (χ1) is 11.6. The van der Waals surface area contributed by atoms with Crippen molar-refractivity contribution in [3.8, 4) is 6.07 Å². The predicted octanol–water partition coefficient (Wildman–Crippen LogP) is 3.50. The van der Waals surface area contributed by atoms with Gasteiger partial charge in [0.2, 0.25) is 0 Å². The Kier molecular flexibility index (Phi) is 4.82. The highest BCUT2D eigenvalue weighted by molar-refractivity contribution is 5.60. The molecular weight excluding hydrogens is 296 g/mol. The molecule has 2 atom stereocenters. The van der Waals surface area contributed by atoms with Gasteiger partial charge in [-0.05, 0) is 31.4 Å². The number of hydrogen-bond acceptors (Lipinski definition) is 4.